The highest BCUT2D eigenvalue weighted by Crippen LogP contribution is 2.30. The quantitative estimate of drug-likeness (QED) is 0.332. The lowest BCUT2D eigenvalue weighted by atomic mass is 9.97. The van der Waals surface area contributed by atoms with E-state index in [1.165, 1.54) is 4.90 Å². The van der Waals surface area contributed by atoms with Crippen LogP contribution in [0.1, 0.15) is 50.4 Å². The number of halogens is 1. The molecule has 2 atom stereocenters. The fourth-order valence-corrected chi connectivity index (χ4v) is 4.12. The Morgan fingerprint density at radius 2 is 1.83 bits per heavy atom. The third-order valence-corrected chi connectivity index (χ3v) is 5.92. The first-order valence-corrected chi connectivity index (χ1v) is 12.5. The van der Waals surface area contributed by atoms with E-state index in [1.54, 1.807) is 64.1 Å². The summed E-state index contributed by atoms with van der Waals surface area (Å²) in [5.74, 6) is 1.56. The number of hydrogen-bond donors (Lipinski definition) is 3. The molecule has 192 valence electrons. The van der Waals surface area contributed by atoms with E-state index in [2.05, 4.69) is 29.2 Å². The Morgan fingerprint density at radius 1 is 1.17 bits per heavy atom. The van der Waals surface area contributed by atoms with Gasteiger partial charge in [-0.1, -0.05) is 47.9 Å². The third-order valence-electron chi connectivity index (χ3n) is 5.24. The zero-order valence-corrected chi connectivity index (χ0v) is 22.7. The molecule has 7 nitrogen and oxygen atoms in total. The maximum Gasteiger partial charge on any atom is 0.408 e. The largest absolute Gasteiger partial charge is 0.444 e. The summed E-state index contributed by atoms with van der Waals surface area (Å²) < 4.78 is 5.29. The van der Waals surface area contributed by atoms with Crippen molar-refractivity contribution in [2.45, 2.75) is 52.3 Å². The number of benzene rings is 2. The number of thiol groups is 1. The third kappa shape index (κ3) is 7.42. The van der Waals surface area contributed by atoms with Gasteiger partial charge in [-0.15, -0.1) is 6.42 Å². The van der Waals surface area contributed by atoms with Gasteiger partial charge in [-0.2, -0.15) is 12.6 Å². The minimum atomic E-state index is -1.10. The molecule has 2 N–H and O–H groups in total. The minimum Gasteiger partial charge on any atom is -0.444 e. The number of para-hydroxylation sites is 1. The summed E-state index contributed by atoms with van der Waals surface area (Å²) in [6.45, 7) is 8.86. The molecule has 2 aromatic rings. The average molecular weight is 530 g/mol. The maximum absolute atomic E-state index is 13.7. The number of nitrogens with one attached hydrogen (secondary N) is 2. The van der Waals surface area contributed by atoms with E-state index in [0.29, 0.717) is 21.8 Å². The Morgan fingerprint density at radius 3 is 2.39 bits per heavy atom. The lowest BCUT2D eigenvalue weighted by Crippen LogP contribution is -2.53. The van der Waals surface area contributed by atoms with Crippen LogP contribution in [-0.4, -0.2) is 46.7 Å². The lowest BCUT2D eigenvalue weighted by molar-refractivity contribution is -0.140. The molecular weight excluding hydrogens is 498 g/mol. The van der Waals surface area contributed by atoms with Crippen LogP contribution < -0.4 is 10.6 Å². The van der Waals surface area contributed by atoms with Crippen molar-refractivity contribution in [1.29, 1.82) is 0 Å². The van der Waals surface area contributed by atoms with E-state index in [0.717, 1.165) is 5.56 Å². The second-order valence-corrected chi connectivity index (χ2v) is 9.83. The highest BCUT2D eigenvalue weighted by molar-refractivity contribution is 7.80. The van der Waals surface area contributed by atoms with Crippen LogP contribution in [0.15, 0.2) is 42.5 Å². The number of rotatable bonds is 8. The molecule has 0 spiro atoms. The number of hydrogen-bond acceptors (Lipinski definition) is 5. The molecule has 0 saturated carbocycles. The SMILES string of the molecule is C#Cc1ccccc1C(C(=O)Nc1c(C)cccc1Cl)N(CC)C(=O)C(CS)NC(=O)OC(C)(C)C. The van der Waals surface area contributed by atoms with Gasteiger partial charge in [0.1, 0.15) is 17.7 Å². The van der Waals surface area contributed by atoms with Crippen LogP contribution in [0.4, 0.5) is 10.5 Å². The van der Waals surface area contributed by atoms with Gasteiger partial charge in [0, 0.05) is 17.9 Å². The van der Waals surface area contributed by atoms with Crippen molar-refractivity contribution in [3.63, 3.8) is 0 Å². The van der Waals surface area contributed by atoms with Crippen LogP contribution in [0.25, 0.3) is 0 Å². The number of ether oxygens (including phenoxy) is 1. The van der Waals surface area contributed by atoms with Crippen molar-refractivity contribution in [2.75, 3.05) is 17.6 Å². The zero-order chi connectivity index (χ0) is 27.0. The van der Waals surface area contributed by atoms with E-state index in [9.17, 15) is 14.4 Å². The van der Waals surface area contributed by atoms with E-state index in [-0.39, 0.29) is 12.3 Å². The zero-order valence-electron chi connectivity index (χ0n) is 21.1. The smallest absolute Gasteiger partial charge is 0.408 e. The van der Waals surface area contributed by atoms with E-state index >= 15 is 0 Å². The van der Waals surface area contributed by atoms with Crippen LogP contribution in [0, 0.1) is 19.3 Å². The standard InChI is InChI=1S/C27H32ClN3O4S/c1-7-18-13-9-10-14-19(18)23(24(32)30-22-17(3)12-11-15-20(22)28)31(8-2)25(33)21(16-36)29-26(34)35-27(4,5)6/h1,9-15,21,23,36H,8,16H2,2-6H3,(H,29,34)(H,30,32). The van der Waals surface area contributed by atoms with Crippen molar-refractivity contribution < 1.29 is 19.1 Å². The number of anilines is 1. The molecule has 0 radical (unpaired) electrons. The molecule has 0 aliphatic rings. The second-order valence-electron chi connectivity index (χ2n) is 9.06. The molecule has 3 amide bonds. The molecule has 0 saturated heterocycles. The number of carbonyl (C=O) groups excluding carboxylic acids is 3. The first-order chi connectivity index (χ1) is 16.9. The van der Waals surface area contributed by atoms with Gasteiger partial charge < -0.3 is 20.3 Å². The predicted octanol–water partition coefficient (Wildman–Crippen LogP) is 4.98. The molecular formula is C27H32ClN3O4S. The number of likely N-dealkylation sites (N-methyl/N-ethyl adjacent to an activating group) is 1. The Bertz CT molecular complexity index is 1140. The summed E-state index contributed by atoms with van der Waals surface area (Å²) in [6.07, 6.45) is 4.96. The highest BCUT2D eigenvalue weighted by atomic mass is 35.5. The van der Waals surface area contributed by atoms with Crippen molar-refractivity contribution in [1.82, 2.24) is 10.2 Å². The number of alkyl carbamates (subject to hydrolysis) is 1. The van der Waals surface area contributed by atoms with Crippen LogP contribution in [-0.2, 0) is 14.3 Å². The van der Waals surface area contributed by atoms with Gasteiger partial charge in [-0.3, -0.25) is 9.59 Å². The van der Waals surface area contributed by atoms with Gasteiger partial charge >= 0.3 is 6.09 Å². The monoisotopic (exact) mass is 529 g/mol. The van der Waals surface area contributed by atoms with Gasteiger partial charge in [0.25, 0.3) is 5.91 Å². The molecule has 0 bridgehead atoms. The molecule has 0 fully saturated rings. The topological polar surface area (TPSA) is 87.7 Å². The molecule has 36 heavy (non-hydrogen) atoms. The van der Waals surface area contributed by atoms with Crippen LogP contribution in [0.3, 0.4) is 0 Å². The average Bonchev–Trinajstić information content (AvgIpc) is 2.81. The number of aryl methyl sites for hydroxylation is 1. The summed E-state index contributed by atoms with van der Waals surface area (Å²) >= 11 is 10.6. The van der Waals surface area contributed by atoms with E-state index < -0.39 is 35.6 Å². The Kier molecular flexibility index (Phi) is 10.3. The summed E-state index contributed by atoms with van der Waals surface area (Å²) in [6, 6.07) is 10.0. The Hall–Kier alpha value is -3.15. The number of amides is 3. The second kappa shape index (κ2) is 12.7. The fraction of sp³-hybridized carbons (Fsp3) is 0.370. The number of carbonyl (C=O) groups is 3. The van der Waals surface area contributed by atoms with Crippen LogP contribution >= 0.6 is 24.2 Å². The van der Waals surface area contributed by atoms with Gasteiger partial charge in [0.2, 0.25) is 5.91 Å². The van der Waals surface area contributed by atoms with Crippen molar-refractivity contribution in [3.05, 3.63) is 64.2 Å². The summed E-state index contributed by atoms with van der Waals surface area (Å²) in [5, 5.41) is 5.78. The predicted molar refractivity (Wildman–Crippen MR) is 146 cm³/mol. The van der Waals surface area contributed by atoms with Gasteiger partial charge in [0.15, 0.2) is 0 Å². The summed E-state index contributed by atoms with van der Waals surface area (Å²) in [7, 11) is 0. The highest BCUT2D eigenvalue weighted by Gasteiger charge is 2.36. The first-order valence-electron chi connectivity index (χ1n) is 11.5. The van der Waals surface area contributed by atoms with Crippen molar-refractivity contribution in [2.24, 2.45) is 0 Å². The van der Waals surface area contributed by atoms with Crippen LogP contribution in [0.5, 0.6) is 0 Å². The normalized spacial score (nSPS) is 12.6. The molecule has 0 heterocycles. The molecule has 9 heteroatoms. The Labute approximate surface area is 223 Å². The number of nitrogens with zero attached hydrogens (tertiary/aromatic N) is 1. The molecule has 2 aromatic carbocycles. The Balaban J connectivity index is 2.50. The molecule has 2 rings (SSSR count). The molecule has 0 aromatic heterocycles. The lowest BCUT2D eigenvalue weighted by Gasteiger charge is -2.34. The molecule has 2 unspecified atom stereocenters. The van der Waals surface area contributed by atoms with Crippen LogP contribution in [0.2, 0.25) is 5.02 Å². The van der Waals surface area contributed by atoms with Gasteiger partial charge in [-0.05, 0) is 57.9 Å². The van der Waals surface area contributed by atoms with E-state index in [4.69, 9.17) is 22.8 Å². The summed E-state index contributed by atoms with van der Waals surface area (Å²) in [5.41, 5.74) is 1.37. The molecule has 0 aliphatic heterocycles. The van der Waals surface area contributed by atoms with Crippen molar-refractivity contribution >= 4 is 47.8 Å². The van der Waals surface area contributed by atoms with Gasteiger partial charge in [-0.25, -0.2) is 4.79 Å². The number of terminal acetylenes is 1. The summed E-state index contributed by atoms with van der Waals surface area (Å²) in [4.78, 5) is 41.1. The first kappa shape index (κ1) is 29.1. The maximum atomic E-state index is 13.7. The van der Waals surface area contributed by atoms with Gasteiger partial charge in [0.05, 0.1) is 10.7 Å². The van der Waals surface area contributed by atoms with Crippen molar-refractivity contribution in [3.8, 4) is 12.3 Å². The fourth-order valence-electron chi connectivity index (χ4n) is 3.60. The molecule has 0 aliphatic carbocycles. The van der Waals surface area contributed by atoms with E-state index in [1.807, 2.05) is 13.0 Å². The minimum absolute atomic E-state index is 0.0106.